The molecule has 4 nitrogen and oxygen atoms in total. The molecule has 0 bridgehead atoms. The van der Waals surface area contributed by atoms with Gasteiger partial charge in [-0.25, -0.2) is 0 Å². The van der Waals surface area contributed by atoms with Crippen LogP contribution in [0.1, 0.15) is 57.8 Å². The summed E-state index contributed by atoms with van der Waals surface area (Å²) < 4.78 is 25.3. The Balaban J connectivity index is 1.52. The first-order valence-corrected chi connectivity index (χ1v) is 9.59. The number of nitrogens with one attached hydrogen (secondary N) is 2. The van der Waals surface area contributed by atoms with Gasteiger partial charge in [0.25, 0.3) is 6.08 Å². The molecular weight excluding hydrogens is 338 g/mol. The topological polar surface area (TPSA) is 58.2 Å². The molecule has 142 valence electrons. The van der Waals surface area contributed by atoms with Crippen molar-refractivity contribution < 1.29 is 18.4 Å². The van der Waals surface area contributed by atoms with Crippen LogP contribution in [0.15, 0.2) is 11.7 Å². The van der Waals surface area contributed by atoms with Crippen LogP contribution in [0.4, 0.5) is 8.78 Å². The van der Waals surface area contributed by atoms with Gasteiger partial charge in [-0.05, 0) is 50.5 Å². The van der Waals surface area contributed by atoms with E-state index in [1.54, 1.807) is 0 Å². The molecule has 6 heteroatoms. The highest BCUT2D eigenvalue weighted by molar-refractivity contribution is 5.83. The number of amides is 2. The zero-order valence-electron chi connectivity index (χ0n) is 14.9. The van der Waals surface area contributed by atoms with Crippen LogP contribution in [-0.2, 0) is 9.59 Å². The summed E-state index contributed by atoms with van der Waals surface area (Å²) in [4.78, 5) is 24.8. The molecule has 3 fully saturated rings. The molecule has 3 rings (SSSR count). The van der Waals surface area contributed by atoms with E-state index < -0.39 is 6.08 Å². The molecule has 4 atom stereocenters. The zero-order chi connectivity index (χ0) is 18.7. The number of hydrogen-bond acceptors (Lipinski definition) is 2. The molecule has 2 amide bonds. The van der Waals surface area contributed by atoms with Gasteiger partial charge < -0.3 is 10.6 Å². The van der Waals surface area contributed by atoms with E-state index in [0.717, 1.165) is 32.1 Å². The number of halogens is 2. The quantitative estimate of drug-likeness (QED) is 0.753. The van der Waals surface area contributed by atoms with E-state index in [2.05, 4.69) is 16.6 Å². The highest BCUT2D eigenvalue weighted by atomic mass is 19.3. The van der Waals surface area contributed by atoms with Gasteiger partial charge in [0.15, 0.2) is 0 Å². The summed E-state index contributed by atoms with van der Waals surface area (Å²) in [7, 11) is 0. The minimum absolute atomic E-state index is 0.00929. The molecule has 0 aromatic heterocycles. The Bertz CT molecular complexity index is 626. The van der Waals surface area contributed by atoms with Crippen LogP contribution in [0, 0.1) is 30.1 Å². The Morgan fingerprint density at radius 3 is 2.04 bits per heavy atom. The van der Waals surface area contributed by atoms with E-state index in [4.69, 9.17) is 6.42 Å². The molecule has 2 N–H and O–H groups in total. The molecule has 3 saturated carbocycles. The van der Waals surface area contributed by atoms with Crippen LogP contribution >= 0.6 is 0 Å². The van der Waals surface area contributed by atoms with E-state index in [1.165, 1.54) is 0 Å². The maximum atomic E-state index is 12.6. The largest absolute Gasteiger partial charge is 0.351 e. The molecular formula is C20H26F2N2O2. The van der Waals surface area contributed by atoms with Crippen molar-refractivity contribution in [2.24, 2.45) is 17.8 Å². The summed E-state index contributed by atoms with van der Waals surface area (Å²) in [5, 5.41) is 6.14. The molecule has 0 aromatic rings. The Hall–Kier alpha value is -1.90. The van der Waals surface area contributed by atoms with Gasteiger partial charge in [-0.2, -0.15) is 8.78 Å². The summed E-state index contributed by atoms with van der Waals surface area (Å²) in [6.45, 7) is 0. The van der Waals surface area contributed by atoms with Crippen LogP contribution < -0.4 is 10.6 Å². The number of terminal acetylenes is 1. The standard InChI is InChI=1S/C20H26F2N2O2/c1-2-12-11-15(12)20(26)24-17-6-4-3-5-16(17)23-19(25)14-9-7-13(8-10-14)18(21)22/h1,12,14-17H,3-11H2,(H,23,25)(H,24,26)/t12-,15+,16+,17+/m0/s1. The fourth-order valence-electron chi connectivity index (χ4n) is 4.15. The minimum Gasteiger partial charge on any atom is -0.351 e. The van der Waals surface area contributed by atoms with Gasteiger partial charge in [0.1, 0.15) is 0 Å². The number of allylic oxidation sites excluding steroid dienone is 1. The van der Waals surface area contributed by atoms with Crippen LogP contribution in [0.3, 0.4) is 0 Å². The summed E-state index contributed by atoms with van der Waals surface area (Å²) in [5.41, 5.74) is 0.185. The van der Waals surface area contributed by atoms with Crippen molar-refractivity contribution in [2.75, 3.05) is 0 Å². The summed E-state index contributed by atoms with van der Waals surface area (Å²) in [5.74, 6) is 2.29. The monoisotopic (exact) mass is 364 g/mol. The highest BCUT2D eigenvalue weighted by Crippen LogP contribution is 2.38. The van der Waals surface area contributed by atoms with Crippen molar-refractivity contribution >= 4 is 11.8 Å². The van der Waals surface area contributed by atoms with Crippen molar-refractivity contribution in [1.82, 2.24) is 10.6 Å². The Labute approximate surface area is 153 Å². The summed E-state index contributed by atoms with van der Waals surface area (Å²) >= 11 is 0. The van der Waals surface area contributed by atoms with Crippen molar-refractivity contribution in [3.63, 3.8) is 0 Å². The number of hydrogen-bond donors (Lipinski definition) is 2. The second-order valence-corrected chi connectivity index (χ2v) is 7.77. The molecule has 0 heterocycles. The molecule has 3 aliphatic carbocycles. The lowest BCUT2D eigenvalue weighted by Crippen LogP contribution is -2.54. The van der Waals surface area contributed by atoms with Crippen LogP contribution in [0.5, 0.6) is 0 Å². The van der Waals surface area contributed by atoms with E-state index >= 15 is 0 Å². The van der Waals surface area contributed by atoms with Gasteiger partial charge >= 0.3 is 0 Å². The highest BCUT2D eigenvalue weighted by Gasteiger charge is 2.43. The van der Waals surface area contributed by atoms with Crippen molar-refractivity contribution in [3.8, 4) is 12.3 Å². The zero-order valence-corrected chi connectivity index (χ0v) is 14.9. The SMILES string of the molecule is C#C[C@H]1C[C@H]1C(=O)N[C@@H]1CCCC[C@H]1NC(=O)C1CCC(=C(F)F)CC1. The second-order valence-electron chi connectivity index (χ2n) is 7.77. The van der Waals surface area contributed by atoms with Crippen molar-refractivity contribution in [2.45, 2.75) is 69.9 Å². The summed E-state index contributed by atoms with van der Waals surface area (Å²) in [6, 6.07) is -0.153. The smallest absolute Gasteiger partial charge is 0.269 e. The molecule has 26 heavy (non-hydrogen) atoms. The van der Waals surface area contributed by atoms with Gasteiger partial charge in [-0.1, -0.05) is 12.8 Å². The Morgan fingerprint density at radius 2 is 1.54 bits per heavy atom. The predicted octanol–water partition coefficient (Wildman–Crippen LogP) is 3.14. The van der Waals surface area contributed by atoms with Gasteiger partial charge in [0, 0.05) is 23.9 Å². The molecule has 0 saturated heterocycles. The van der Waals surface area contributed by atoms with Gasteiger partial charge in [0.05, 0.1) is 5.92 Å². The predicted molar refractivity (Wildman–Crippen MR) is 94.0 cm³/mol. The normalized spacial score (nSPS) is 33.7. The lowest BCUT2D eigenvalue weighted by Gasteiger charge is -2.34. The van der Waals surface area contributed by atoms with E-state index in [1.807, 2.05) is 0 Å². The molecule has 0 aromatic carbocycles. The second kappa shape index (κ2) is 8.20. The van der Waals surface area contributed by atoms with Gasteiger partial charge in [-0.15, -0.1) is 12.3 Å². The number of rotatable bonds is 4. The molecule has 0 unspecified atom stereocenters. The average molecular weight is 364 g/mol. The fourth-order valence-corrected chi connectivity index (χ4v) is 4.15. The third-order valence-corrected chi connectivity index (χ3v) is 5.99. The molecule has 0 spiro atoms. The lowest BCUT2D eigenvalue weighted by molar-refractivity contribution is -0.128. The van der Waals surface area contributed by atoms with Gasteiger partial charge in [0.2, 0.25) is 11.8 Å². The number of carbonyl (C=O) groups is 2. The fraction of sp³-hybridized carbons (Fsp3) is 0.700. The van der Waals surface area contributed by atoms with Crippen LogP contribution in [-0.4, -0.2) is 23.9 Å². The van der Waals surface area contributed by atoms with E-state index in [9.17, 15) is 18.4 Å². The third-order valence-electron chi connectivity index (χ3n) is 5.99. The van der Waals surface area contributed by atoms with Gasteiger partial charge in [-0.3, -0.25) is 9.59 Å². The molecule has 3 aliphatic rings. The Kier molecular flexibility index (Phi) is 5.95. The van der Waals surface area contributed by atoms with Crippen LogP contribution in [0.2, 0.25) is 0 Å². The maximum absolute atomic E-state index is 12.6. The Morgan fingerprint density at radius 1 is 0.962 bits per heavy atom. The average Bonchev–Trinajstić information content (AvgIpc) is 3.43. The van der Waals surface area contributed by atoms with Crippen LogP contribution in [0.25, 0.3) is 0 Å². The third kappa shape index (κ3) is 4.44. The first kappa shape index (κ1) is 18.9. The van der Waals surface area contributed by atoms with E-state index in [-0.39, 0.29) is 47.2 Å². The number of carbonyl (C=O) groups excluding carboxylic acids is 2. The summed E-state index contributed by atoms with van der Waals surface area (Å²) in [6.07, 6.45) is 9.74. The molecule has 0 radical (unpaired) electrons. The van der Waals surface area contributed by atoms with E-state index in [0.29, 0.717) is 25.7 Å². The minimum atomic E-state index is -1.59. The lowest BCUT2D eigenvalue weighted by atomic mass is 9.84. The first-order valence-electron chi connectivity index (χ1n) is 9.59. The first-order chi connectivity index (χ1) is 12.5. The maximum Gasteiger partial charge on any atom is 0.269 e. The molecule has 0 aliphatic heterocycles. The van der Waals surface area contributed by atoms with Crippen molar-refractivity contribution in [3.05, 3.63) is 11.7 Å². The van der Waals surface area contributed by atoms with Crippen molar-refractivity contribution in [1.29, 1.82) is 0 Å².